The maximum atomic E-state index is 12.6. The first-order chi connectivity index (χ1) is 12.7. The highest BCUT2D eigenvalue weighted by molar-refractivity contribution is 8.00. The van der Waals surface area contributed by atoms with Crippen molar-refractivity contribution in [2.45, 2.75) is 37.0 Å². The van der Waals surface area contributed by atoms with E-state index >= 15 is 0 Å². The number of hydrogen-bond donors (Lipinski definition) is 1. The van der Waals surface area contributed by atoms with Gasteiger partial charge in [-0.25, -0.2) is 0 Å². The highest BCUT2D eigenvalue weighted by Gasteiger charge is 2.25. The molecule has 1 heterocycles. The summed E-state index contributed by atoms with van der Waals surface area (Å²) in [5, 5.41) is 3.57. The Balaban J connectivity index is 1.63. The van der Waals surface area contributed by atoms with Gasteiger partial charge in [-0.2, -0.15) is 0 Å². The zero-order chi connectivity index (χ0) is 18.4. The predicted octanol–water partition coefficient (Wildman–Crippen LogP) is 4.09. The van der Waals surface area contributed by atoms with E-state index in [1.54, 1.807) is 0 Å². The van der Waals surface area contributed by atoms with E-state index in [9.17, 15) is 4.79 Å². The highest BCUT2D eigenvalue weighted by atomic mass is 32.2. The Morgan fingerprint density at radius 2 is 1.96 bits per heavy atom. The Morgan fingerprint density at radius 1 is 1.19 bits per heavy atom. The van der Waals surface area contributed by atoms with Gasteiger partial charge in [-0.15, -0.1) is 11.8 Å². The summed E-state index contributed by atoms with van der Waals surface area (Å²) in [5.41, 5.74) is 2.16. The molecule has 4 nitrogen and oxygen atoms in total. The van der Waals surface area contributed by atoms with Crippen molar-refractivity contribution in [3.8, 4) is 5.75 Å². The number of amides is 1. The summed E-state index contributed by atoms with van der Waals surface area (Å²) in [7, 11) is 0. The summed E-state index contributed by atoms with van der Waals surface area (Å²) in [5.74, 6) is 0.869. The normalized spacial score (nSPS) is 16.1. The number of carbonyl (C=O) groups is 1. The van der Waals surface area contributed by atoms with Crippen LogP contribution in [0.2, 0.25) is 0 Å². The van der Waals surface area contributed by atoms with Crippen LogP contribution in [0.3, 0.4) is 0 Å². The summed E-state index contributed by atoms with van der Waals surface area (Å²) >= 11 is 1.92. The fourth-order valence-electron chi connectivity index (χ4n) is 3.11. The molecule has 0 saturated carbocycles. The van der Waals surface area contributed by atoms with Gasteiger partial charge < -0.3 is 15.0 Å². The molecule has 3 rings (SSSR count). The molecule has 1 unspecified atom stereocenters. The van der Waals surface area contributed by atoms with Gasteiger partial charge >= 0.3 is 0 Å². The van der Waals surface area contributed by atoms with Crippen LogP contribution in [0, 0.1) is 0 Å². The van der Waals surface area contributed by atoms with Crippen molar-refractivity contribution >= 4 is 23.4 Å². The third-order valence-corrected chi connectivity index (χ3v) is 5.88. The van der Waals surface area contributed by atoms with E-state index < -0.39 is 0 Å². The van der Waals surface area contributed by atoms with E-state index in [-0.39, 0.29) is 5.91 Å². The van der Waals surface area contributed by atoms with Gasteiger partial charge in [-0.3, -0.25) is 4.79 Å². The molecule has 0 saturated heterocycles. The predicted molar refractivity (Wildman–Crippen MR) is 108 cm³/mol. The first kappa shape index (κ1) is 18.6. The van der Waals surface area contributed by atoms with Gasteiger partial charge in [0, 0.05) is 28.8 Å². The molecule has 2 aromatic rings. The van der Waals surface area contributed by atoms with Gasteiger partial charge in [-0.05, 0) is 31.5 Å². The molecule has 0 radical (unpaired) electrons. The lowest BCUT2D eigenvalue weighted by molar-refractivity contribution is -0.119. The molecule has 0 bridgehead atoms. The molecule has 0 aliphatic carbocycles. The molecule has 1 aliphatic rings. The lowest BCUT2D eigenvalue weighted by Crippen LogP contribution is -2.42. The Bertz CT molecular complexity index is 750. The molecule has 2 aromatic carbocycles. The van der Waals surface area contributed by atoms with Gasteiger partial charge in [0.15, 0.2) is 0 Å². The maximum Gasteiger partial charge on any atom is 0.239 e. The molecule has 1 amide bonds. The molecule has 5 heteroatoms. The van der Waals surface area contributed by atoms with Gasteiger partial charge in [0.05, 0.1) is 18.8 Å². The van der Waals surface area contributed by atoms with Crippen molar-refractivity contribution in [1.82, 2.24) is 5.32 Å². The second kappa shape index (κ2) is 8.99. The van der Waals surface area contributed by atoms with Crippen molar-refractivity contribution < 1.29 is 9.53 Å². The van der Waals surface area contributed by atoms with E-state index in [0.29, 0.717) is 24.9 Å². The third kappa shape index (κ3) is 4.52. The third-order valence-electron chi connectivity index (χ3n) is 4.46. The van der Waals surface area contributed by atoms with Crippen molar-refractivity contribution in [2.24, 2.45) is 0 Å². The van der Waals surface area contributed by atoms with E-state index in [0.717, 1.165) is 30.0 Å². The summed E-state index contributed by atoms with van der Waals surface area (Å²) in [6, 6.07) is 16.2. The van der Waals surface area contributed by atoms with Crippen molar-refractivity contribution in [3.63, 3.8) is 0 Å². The number of anilines is 1. The second-order valence-electron chi connectivity index (χ2n) is 6.31. The van der Waals surface area contributed by atoms with Crippen molar-refractivity contribution in [1.29, 1.82) is 0 Å². The van der Waals surface area contributed by atoms with Crippen LogP contribution in [-0.2, 0) is 11.3 Å². The number of nitrogens with one attached hydrogen (secondary N) is 1. The molecule has 0 fully saturated rings. The standard InChI is InChI=1S/C21H26N2O2S/c1-3-17-14-23(18-10-6-8-12-20(18)26-17)15-21(24)22-13-16-9-5-7-11-19(16)25-4-2/h5-12,17H,3-4,13-15H2,1-2H3,(H,22,24). The number of fused-ring (bicyclic) bond motifs is 1. The molecular formula is C21H26N2O2S. The Morgan fingerprint density at radius 3 is 2.77 bits per heavy atom. The summed E-state index contributed by atoms with van der Waals surface area (Å²) in [6.45, 7) is 6.55. The SMILES string of the molecule is CCOc1ccccc1CNC(=O)CN1CC(CC)Sc2ccccc21. The topological polar surface area (TPSA) is 41.6 Å². The number of hydrogen-bond acceptors (Lipinski definition) is 4. The highest BCUT2D eigenvalue weighted by Crippen LogP contribution is 2.39. The van der Waals surface area contributed by atoms with E-state index in [1.807, 2.05) is 49.0 Å². The Labute approximate surface area is 159 Å². The lowest BCUT2D eigenvalue weighted by Gasteiger charge is -2.34. The van der Waals surface area contributed by atoms with E-state index in [2.05, 4.69) is 35.3 Å². The molecule has 138 valence electrons. The Hall–Kier alpha value is -2.14. The number of ether oxygens (including phenoxy) is 1. The first-order valence-electron chi connectivity index (χ1n) is 9.19. The van der Waals surface area contributed by atoms with Crippen molar-refractivity contribution in [3.05, 3.63) is 54.1 Å². The molecule has 0 aromatic heterocycles. The van der Waals surface area contributed by atoms with Crippen LogP contribution in [0.1, 0.15) is 25.8 Å². The summed E-state index contributed by atoms with van der Waals surface area (Å²) in [6.07, 6.45) is 1.10. The molecular weight excluding hydrogens is 344 g/mol. The van der Waals surface area contributed by atoms with Crippen LogP contribution in [0.25, 0.3) is 0 Å². The van der Waals surface area contributed by atoms with Crippen LogP contribution in [0.5, 0.6) is 5.75 Å². The molecule has 1 N–H and O–H groups in total. The zero-order valence-electron chi connectivity index (χ0n) is 15.4. The van der Waals surface area contributed by atoms with Crippen molar-refractivity contribution in [2.75, 3.05) is 24.6 Å². The molecule has 1 atom stereocenters. The smallest absolute Gasteiger partial charge is 0.239 e. The minimum absolute atomic E-state index is 0.0351. The lowest BCUT2D eigenvalue weighted by atomic mass is 10.2. The van der Waals surface area contributed by atoms with Gasteiger partial charge in [0.2, 0.25) is 5.91 Å². The number of carbonyl (C=O) groups excluding carboxylic acids is 1. The molecule has 1 aliphatic heterocycles. The fourth-order valence-corrected chi connectivity index (χ4v) is 4.37. The molecule has 0 spiro atoms. The number of rotatable bonds is 7. The van der Waals surface area contributed by atoms with Crippen LogP contribution in [0.4, 0.5) is 5.69 Å². The molecule has 26 heavy (non-hydrogen) atoms. The average Bonchev–Trinajstić information content (AvgIpc) is 2.67. The van der Waals surface area contributed by atoms with Crippen LogP contribution >= 0.6 is 11.8 Å². The fraction of sp³-hybridized carbons (Fsp3) is 0.381. The van der Waals surface area contributed by atoms with Crippen LogP contribution in [-0.4, -0.2) is 30.9 Å². The first-order valence-corrected chi connectivity index (χ1v) is 10.1. The minimum atomic E-state index is 0.0351. The number of para-hydroxylation sites is 2. The summed E-state index contributed by atoms with van der Waals surface area (Å²) < 4.78 is 5.63. The van der Waals surface area contributed by atoms with Gasteiger partial charge in [-0.1, -0.05) is 37.3 Å². The largest absolute Gasteiger partial charge is 0.494 e. The zero-order valence-corrected chi connectivity index (χ0v) is 16.2. The number of thioether (sulfide) groups is 1. The quantitative estimate of drug-likeness (QED) is 0.797. The second-order valence-corrected chi connectivity index (χ2v) is 7.66. The van der Waals surface area contributed by atoms with Crippen LogP contribution < -0.4 is 15.0 Å². The van der Waals surface area contributed by atoms with E-state index in [4.69, 9.17) is 4.74 Å². The number of nitrogens with zero attached hydrogens (tertiary/aromatic N) is 1. The maximum absolute atomic E-state index is 12.6. The Kier molecular flexibility index (Phi) is 6.45. The average molecular weight is 371 g/mol. The summed E-state index contributed by atoms with van der Waals surface area (Å²) in [4.78, 5) is 16.0. The van der Waals surface area contributed by atoms with Gasteiger partial charge in [0.1, 0.15) is 5.75 Å². The monoisotopic (exact) mass is 370 g/mol. The number of benzene rings is 2. The van der Waals surface area contributed by atoms with Gasteiger partial charge in [0.25, 0.3) is 0 Å². The van der Waals surface area contributed by atoms with Crippen LogP contribution in [0.15, 0.2) is 53.4 Å². The minimum Gasteiger partial charge on any atom is -0.494 e. The van der Waals surface area contributed by atoms with E-state index in [1.165, 1.54) is 4.90 Å².